The molecule has 2 heterocycles. The van der Waals surface area contributed by atoms with Crippen molar-refractivity contribution < 1.29 is 27.5 Å². The number of nitrogens with zero attached hydrogens (tertiary/aromatic N) is 1. The molecule has 10 heteroatoms. The van der Waals surface area contributed by atoms with Gasteiger partial charge in [0.05, 0.1) is 17.7 Å². The van der Waals surface area contributed by atoms with Crippen molar-refractivity contribution in [3.8, 4) is 11.5 Å². The first-order chi connectivity index (χ1) is 14.9. The van der Waals surface area contributed by atoms with Crippen LogP contribution in [0.5, 0.6) is 11.5 Å². The van der Waals surface area contributed by atoms with Gasteiger partial charge in [-0.05, 0) is 37.1 Å². The number of benzene rings is 2. The van der Waals surface area contributed by atoms with Crippen LogP contribution in [0.2, 0.25) is 0 Å². The molecule has 0 atom stereocenters. The topological polar surface area (TPSA) is 114 Å². The maximum Gasteiger partial charge on any atom is 0.262 e. The van der Waals surface area contributed by atoms with E-state index in [1.807, 2.05) is 0 Å². The fraction of sp³-hybridized carbons (Fsp3) is 0.333. The minimum absolute atomic E-state index is 0.0988. The molecule has 2 aliphatic heterocycles. The first-order valence-electron chi connectivity index (χ1n) is 9.88. The van der Waals surface area contributed by atoms with E-state index >= 15 is 0 Å². The number of hydrogen-bond donors (Lipinski definition) is 2. The number of amides is 2. The molecule has 0 saturated carbocycles. The van der Waals surface area contributed by atoms with Gasteiger partial charge in [0.25, 0.3) is 5.91 Å². The summed E-state index contributed by atoms with van der Waals surface area (Å²) < 4.78 is 38.0. The molecule has 2 N–H and O–H groups in total. The Morgan fingerprint density at radius 2 is 1.97 bits per heavy atom. The van der Waals surface area contributed by atoms with Gasteiger partial charge >= 0.3 is 0 Å². The summed E-state index contributed by atoms with van der Waals surface area (Å²) in [5, 5.41) is 5.51. The van der Waals surface area contributed by atoms with Crippen LogP contribution in [-0.2, 0) is 19.6 Å². The van der Waals surface area contributed by atoms with Crippen molar-refractivity contribution in [3.05, 3.63) is 42.5 Å². The van der Waals surface area contributed by atoms with Crippen molar-refractivity contribution in [1.82, 2.24) is 4.31 Å². The summed E-state index contributed by atoms with van der Waals surface area (Å²) >= 11 is 0. The minimum Gasteiger partial charge on any atom is -0.497 e. The monoisotopic (exact) mass is 445 g/mol. The number of methoxy groups -OCH3 is 1. The molecule has 0 aliphatic carbocycles. The summed E-state index contributed by atoms with van der Waals surface area (Å²) in [7, 11) is -2.18. The molecule has 164 valence electrons. The molecule has 0 aromatic heterocycles. The van der Waals surface area contributed by atoms with E-state index in [4.69, 9.17) is 9.47 Å². The van der Waals surface area contributed by atoms with Crippen LogP contribution >= 0.6 is 0 Å². The first kappa shape index (κ1) is 21.1. The van der Waals surface area contributed by atoms with Crippen LogP contribution in [0.4, 0.5) is 11.4 Å². The largest absolute Gasteiger partial charge is 0.497 e. The number of carbonyl (C=O) groups is 2. The van der Waals surface area contributed by atoms with Gasteiger partial charge in [-0.2, -0.15) is 4.31 Å². The molecule has 1 fully saturated rings. The van der Waals surface area contributed by atoms with Gasteiger partial charge in [-0.3, -0.25) is 9.59 Å². The molecule has 2 aliphatic rings. The highest BCUT2D eigenvalue weighted by molar-refractivity contribution is 7.89. The normalized spacial score (nSPS) is 17.3. The standard InChI is InChI=1S/C21H23N3O6S/c1-29-16-4-2-3-15(11-16)22-21(26)14-7-9-24(10-8-14)31(27,28)17-5-6-18-19(12-17)30-13-20(25)23-18/h2-6,11-12,14H,7-10,13H2,1H3,(H,22,26)(H,23,25). The van der Waals surface area contributed by atoms with Gasteiger partial charge < -0.3 is 20.1 Å². The summed E-state index contributed by atoms with van der Waals surface area (Å²) in [6.07, 6.45) is 0.846. The Bertz CT molecular complexity index is 1110. The summed E-state index contributed by atoms with van der Waals surface area (Å²) in [6.45, 7) is 0.338. The molecule has 0 spiro atoms. The highest BCUT2D eigenvalue weighted by Crippen LogP contribution is 2.32. The van der Waals surface area contributed by atoms with E-state index < -0.39 is 10.0 Å². The van der Waals surface area contributed by atoms with E-state index in [0.717, 1.165) is 0 Å². The van der Waals surface area contributed by atoms with Crippen LogP contribution in [0.1, 0.15) is 12.8 Å². The Hall–Kier alpha value is -3.11. The lowest BCUT2D eigenvalue weighted by Gasteiger charge is -2.31. The van der Waals surface area contributed by atoms with E-state index in [1.165, 1.54) is 22.5 Å². The predicted octanol–water partition coefficient (Wildman–Crippen LogP) is 2.07. The number of fused-ring (bicyclic) bond motifs is 1. The van der Waals surface area contributed by atoms with Gasteiger partial charge in [0.2, 0.25) is 15.9 Å². The fourth-order valence-corrected chi connectivity index (χ4v) is 5.15. The number of ether oxygens (including phenoxy) is 2. The number of piperidine rings is 1. The maximum absolute atomic E-state index is 13.0. The molecule has 4 rings (SSSR count). The third kappa shape index (κ3) is 4.49. The van der Waals surface area contributed by atoms with E-state index in [1.54, 1.807) is 31.4 Å². The fourth-order valence-electron chi connectivity index (χ4n) is 3.67. The van der Waals surface area contributed by atoms with Gasteiger partial charge in [0, 0.05) is 36.8 Å². The second-order valence-electron chi connectivity index (χ2n) is 7.39. The third-order valence-electron chi connectivity index (χ3n) is 5.39. The number of anilines is 2. The second-order valence-corrected chi connectivity index (χ2v) is 9.33. The van der Waals surface area contributed by atoms with Crippen molar-refractivity contribution in [3.63, 3.8) is 0 Å². The van der Waals surface area contributed by atoms with Crippen molar-refractivity contribution in [2.75, 3.05) is 37.4 Å². The number of sulfonamides is 1. The summed E-state index contributed by atoms with van der Waals surface area (Å²) in [5.74, 6) is 0.279. The average Bonchev–Trinajstić information content (AvgIpc) is 2.78. The van der Waals surface area contributed by atoms with Crippen LogP contribution in [0.3, 0.4) is 0 Å². The summed E-state index contributed by atoms with van der Waals surface area (Å²) in [5.41, 5.74) is 1.09. The highest BCUT2D eigenvalue weighted by Gasteiger charge is 2.33. The zero-order valence-electron chi connectivity index (χ0n) is 17.0. The molecule has 0 bridgehead atoms. The van der Waals surface area contributed by atoms with Crippen molar-refractivity contribution in [1.29, 1.82) is 0 Å². The molecule has 2 aromatic rings. The zero-order chi connectivity index (χ0) is 22.0. The lowest BCUT2D eigenvalue weighted by atomic mass is 9.97. The van der Waals surface area contributed by atoms with Crippen LogP contribution in [0, 0.1) is 5.92 Å². The van der Waals surface area contributed by atoms with Gasteiger partial charge in [-0.25, -0.2) is 8.42 Å². The summed E-state index contributed by atoms with van der Waals surface area (Å²) in [4.78, 5) is 24.1. The molecule has 2 aromatic carbocycles. The predicted molar refractivity (Wildman–Crippen MR) is 114 cm³/mol. The number of nitrogens with one attached hydrogen (secondary N) is 2. The third-order valence-corrected chi connectivity index (χ3v) is 7.28. The van der Waals surface area contributed by atoms with Crippen LogP contribution < -0.4 is 20.1 Å². The second kappa shape index (κ2) is 8.56. The number of hydrogen-bond acceptors (Lipinski definition) is 6. The lowest BCUT2D eigenvalue weighted by molar-refractivity contribution is -0.121. The molecular weight excluding hydrogens is 422 g/mol. The minimum atomic E-state index is -3.73. The maximum atomic E-state index is 13.0. The highest BCUT2D eigenvalue weighted by atomic mass is 32.2. The van der Waals surface area contributed by atoms with E-state index in [0.29, 0.717) is 35.7 Å². The van der Waals surface area contributed by atoms with E-state index in [9.17, 15) is 18.0 Å². The SMILES string of the molecule is COc1cccc(NC(=O)C2CCN(S(=O)(=O)c3ccc4c(c3)OCC(=O)N4)CC2)c1. The van der Waals surface area contributed by atoms with Gasteiger partial charge in [-0.15, -0.1) is 0 Å². The molecule has 0 unspecified atom stereocenters. The Labute approximate surface area is 180 Å². The summed E-state index contributed by atoms with van der Waals surface area (Å²) in [6, 6.07) is 11.5. The quantitative estimate of drug-likeness (QED) is 0.728. The zero-order valence-corrected chi connectivity index (χ0v) is 17.8. The van der Waals surface area contributed by atoms with Crippen molar-refractivity contribution in [2.24, 2.45) is 5.92 Å². The average molecular weight is 445 g/mol. The molecular formula is C21H23N3O6S. The Morgan fingerprint density at radius 3 is 2.71 bits per heavy atom. The Kier molecular flexibility index (Phi) is 5.84. The van der Waals surface area contributed by atoms with E-state index in [-0.39, 0.29) is 42.3 Å². The Balaban J connectivity index is 1.39. The molecule has 1 saturated heterocycles. The van der Waals surface area contributed by atoms with E-state index in [2.05, 4.69) is 10.6 Å². The van der Waals surface area contributed by atoms with Crippen LogP contribution in [0.25, 0.3) is 0 Å². The molecule has 2 amide bonds. The van der Waals surface area contributed by atoms with Crippen LogP contribution in [-0.4, -0.2) is 51.3 Å². The smallest absolute Gasteiger partial charge is 0.262 e. The Morgan fingerprint density at radius 1 is 1.19 bits per heavy atom. The van der Waals surface area contributed by atoms with Gasteiger partial charge in [-0.1, -0.05) is 6.07 Å². The number of rotatable bonds is 5. The van der Waals surface area contributed by atoms with Crippen molar-refractivity contribution >= 4 is 33.2 Å². The molecule has 9 nitrogen and oxygen atoms in total. The first-order valence-corrected chi connectivity index (χ1v) is 11.3. The number of carbonyl (C=O) groups excluding carboxylic acids is 2. The lowest BCUT2D eigenvalue weighted by Crippen LogP contribution is -2.41. The van der Waals surface area contributed by atoms with Gasteiger partial charge in [0.1, 0.15) is 11.5 Å². The molecule has 31 heavy (non-hydrogen) atoms. The van der Waals surface area contributed by atoms with Crippen LogP contribution in [0.15, 0.2) is 47.4 Å². The van der Waals surface area contributed by atoms with Crippen molar-refractivity contribution in [2.45, 2.75) is 17.7 Å². The van der Waals surface area contributed by atoms with Gasteiger partial charge in [0.15, 0.2) is 6.61 Å². The molecule has 0 radical (unpaired) electrons.